The Morgan fingerprint density at radius 3 is 2.71 bits per heavy atom. The zero-order valence-corrected chi connectivity index (χ0v) is 9.54. The van der Waals surface area contributed by atoms with Crippen molar-refractivity contribution in [2.45, 2.75) is 13.0 Å². The van der Waals surface area contributed by atoms with Gasteiger partial charge in [0.25, 0.3) is 0 Å². The smallest absolute Gasteiger partial charge is 0.127 e. The molecule has 0 aliphatic carbocycles. The van der Waals surface area contributed by atoms with Gasteiger partial charge >= 0.3 is 0 Å². The molecular formula is C14H15NO2. The molecule has 0 amide bonds. The summed E-state index contributed by atoms with van der Waals surface area (Å²) < 4.78 is 5.63. The van der Waals surface area contributed by atoms with Crippen LogP contribution >= 0.6 is 0 Å². The van der Waals surface area contributed by atoms with E-state index in [1.807, 2.05) is 18.2 Å². The first kappa shape index (κ1) is 11.6. The van der Waals surface area contributed by atoms with E-state index in [1.165, 1.54) is 5.56 Å². The number of aliphatic hydroxyl groups excluding tert-OH is 1. The highest BCUT2D eigenvalue weighted by Gasteiger charge is 2.01. The summed E-state index contributed by atoms with van der Waals surface area (Å²) in [6.07, 6.45) is 4.14. The number of nitrogens with zero attached hydrogens (tertiary/aromatic N) is 1. The molecule has 0 saturated heterocycles. The third-order valence-electron chi connectivity index (χ3n) is 2.52. The molecule has 0 fully saturated rings. The number of hydrogen-bond acceptors (Lipinski definition) is 3. The van der Waals surface area contributed by atoms with E-state index in [0.29, 0.717) is 12.4 Å². The minimum absolute atomic E-state index is 0.0471. The highest BCUT2D eigenvalue weighted by molar-refractivity contribution is 5.29. The fourth-order valence-corrected chi connectivity index (χ4v) is 1.60. The maximum absolute atomic E-state index is 9.11. The summed E-state index contributed by atoms with van der Waals surface area (Å²) in [5.41, 5.74) is 1.97. The van der Waals surface area contributed by atoms with Crippen LogP contribution in [-0.4, -0.2) is 16.7 Å². The second-order valence-corrected chi connectivity index (χ2v) is 3.73. The Labute approximate surface area is 101 Å². The van der Waals surface area contributed by atoms with Gasteiger partial charge in [0.05, 0.1) is 13.2 Å². The van der Waals surface area contributed by atoms with Crippen LogP contribution in [0.1, 0.15) is 11.1 Å². The lowest BCUT2D eigenvalue weighted by Crippen LogP contribution is -2.03. The van der Waals surface area contributed by atoms with Crippen LogP contribution in [0.5, 0.6) is 5.75 Å². The zero-order valence-electron chi connectivity index (χ0n) is 9.54. The first-order valence-electron chi connectivity index (χ1n) is 5.60. The zero-order chi connectivity index (χ0) is 11.9. The van der Waals surface area contributed by atoms with Gasteiger partial charge in [-0.3, -0.25) is 4.98 Å². The van der Waals surface area contributed by atoms with Crippen molar-refractivity contribution < 1.29 is 9.84 Å². The Balaban J connectivity index is 1.90. The first-order valence-corrected chi connectivity index (χ1v) is 5.60. The Kier molecular flexibility index (Phi) is 4.11. The molecule has 0 aliphatic rings. The normalized spacial score (nSPS) is 10.2. The van der Waals surface area contributed by atoms with E-state index in [9.17, 15) is 0 Å². The van der Waals surface area contributed by atoms with Crippen molar-refractivity contribution in [1.82, 2.24) is 4.98 Å². The van der Waals surface area contributed by atoms with E-state index >= 15 is 0 Å². The maximum atomic E-state index is 9.11. The number of ether oxygens (including phenoxy) is 1. The van der Waals surface area contributed by atoms with Crippen LogP contribution in [0, 0.1) is 0 Å². The first-order chi connectivity index (χ1) is 8.40. The van der Waals surface area contributed by atoms with Crippen molar-refractivity contribution in [3.05, 3.63) is 59.9 Å². The summed E-state index contributed by atoms with van der Waals surface area (Å²) in [5.74, 6) is 0.707. The lowest BCUT2D eigenvalue weighted by atomic mass is 10.2. The van der Waals surface area contributed by atoms with Gasteiger partial charge in [-0.15, -0.1) is 0 Å². The monoisotopic (exact) mass is 229 g/mol. The van der Waals surface area contributed by atoms with Crippen LogP contribution in [0.25, 0.3) is 0 Å². The lowest BCUT2D eigenvalue weighted by Gasteiger charge is -2.09. The second kappa shape index (κ2) is 6.01. The molecule has 1 N–H and O–H groups in total. The van der Waals surface area contributed by atoms with Crippen molar-refractivity contribution in [3.63, 3.8) is 0 Å². The molecule has 88 valence electrons. The third-order valence-corrected chi connectivity index (χ3v) is 2.52. The number of hydrogen-bond donors (Lipinski definition) is 1. The fourth-order valence-electron chi connectivity index (χ4n) is 1.60. The van der Waals surface area contributed by atoms with Gasteiger partial charge in [-0.05, 0) is 11.6 Å². The molecule has 0 unspecified atom stereocenters. The molecule has 1 aromatic carbocycles. The number of benzene rings is 1. The van der Waals surface area contributed by atoms with Gasteiger partial charge in [0.1, 0.15) is 5.75 Å². The van der Waals surface area contributed by atoms with Crippen molar-refractivity contribution in [2.24, 2.45) is 0 Å². The molecule has 0 bridgehead atoms. The molecule has 2 aromatic rings. The van der Waals surface area contributed by atoms with Crippen molar-refractivity contribution in [2.75, 3.05) is 6.61 Å². The van der Waals surface area contributed by atoms with Gasteiger partial charge < -0.3 is 9.84 Å². The summed E-state index contributed by atoms with van der Waals surface area (Å²) in [6, 6.07) is 11.9. The number of pyridine rings is 1. The topological polar surface area (TPSA) is 42.4 Å². The second-order valence-electron chi connectivity index (χ2n) is 3.73. The molecule has 0 spiro atoms. The third kappa shape index (κ3) is 3.29. The van der Waals surface area contributed by atoms with Gasteiger partial charge in [-0.2, -0.15) is 0 Å². The fraction of sp³-hybridized carbons (Fsp3) is 0.214. The van der Waals surface area contributed by atoms with Crippen LogP contribution in [0.2, 0.25) is 0 Å². The van der Waals surface area contributed by atoms with E-state index in [1.54, 1.807) is 18.5 Å². The predicted molar refractivity (Wildman–Crippen MR) is 65.8 cm³/mol. The highest BCUT2D eigenvalue weighted by atomic mass is 16.5. The molecule has 0 atom stereocenters. The van der Waals surface area contributed by atoms with Crippen molar-refractivity contribution in [1.29, 1.82) is 0 Å². The van der Waals surface area contributed by atoms with E-state index in [4.69, 9.17) is 9.84 Å². The van der Waals surface area contributed by atoms with Gasteiger partial charge in [-0.25, -0.2) is 0 Å². The lowest BCUT2D eigenvalue weighted by molar-refractivity contribution is 0.263. The molecule has 3 heteroatoms. The number of rotatable bonds is 5. The largest absolute Gasteiger partial charge is 0.493 e. The van der Waals surface area contributed by atoms with Crippen LogP contribution < -0.4 is 4.74 Å². The molecule has 0 saturated carbocycles. The molecule has 2 rings (SSSR count). The minimum atomic E-state index is -0.0471. The summed E-state index contributed by atoms with van der Waals surface area (Å²) in [6.45, 7) is 0.551. The van der Waals surface area contributed by atoms with Crippen molar-refractivity contribution in [3.8, 4) is 5.75 Å². The van der Waals surface area contributed by atoms with Gasteiger partial charge in [-0.1, -0.05) is 30.3 Å². The Bertz CT molecular complexity index is 457. The quantitative estimate of drug-likeness (QED) is 0.854. The summed E-state index contributed by atoms with van der Waals surface area (Å²) in [4.78, 5) is 3.94. The Morgan fingerprint density at radius 2 is 1.94 bits per heavy atom. The summed E-state index contributed by atoms with van der Waals surface area (Å²) >= 11 is 0. The van der Waals surface area contributed by atoms with Gasteiger partial charge in [0.15, 0.2) is 0 Å². The average molecular weight is 229 g/mol. The molecule has 17 heavy (non-hydrogen) atoms. The summed E-state index contributed by atoms with van der Waals surface area (Å²) in [7, 11) is 0. The Morgan fingerprint density at radius 1 is 1.12 bits per heavy atom. The predicted octanol–water partition coefficient (Wildman–Crippen LogP) is 2.20. The molecule has 0 radical (unpaired) electrons. The molecule has 1 aromatic heterocycles. The average Bonchev–Trinajstić information content (AvgIpc) is 2.40. The number of aliphatic hydroxyl groups is 1. The molecule has 3 nitrogen and oxygen atoms in total. The molecule has 0 aliphatic heterocycles. The SMILES string of the molecule is OCc1cnccc1OCCc1ccccc1. The van der Waals surface area contributed by atoms with E-state index in [-0.39, 0.29) is 6.61 Å². The van der Waals surface area contributed by atoms with Crippen LogP contribution in [0.3, 0.4) is 0 Å². The van der Waals surface area contributed by atoms with Crippen LogP contribution in [0.4, 0.5) is 0 Å². The highest BCUT2D eigenvalue weighted by Crippen LogP contribution is 2.16. The minimum Gasteiger partial charge on any atom is -0.493 e. The standard InChI is InChI=1S/C14H15NO2/c16-11-13-10-15-8-6-14(13)17-9-7-12-4-2-1-3-5-12/h1-6,8,10,16H,7,9,11H2. The van der Waals surface area contributed by atoms with E-state index in [2.05, 4.69) is 17.1 Å². The summed E-state index contributed by atoms with van der Waals surface area (Å²) in [5, 5.41) is 9.11. The van der Waals surface area contributed by atoms with E-state index in [0.717, 1.165) is 12.0 Å². The number of aromatic nitrogens is 1. The van der Waals surface area contributed by atoms with Crippen molar-refractivity contribution >= 4 is 0 Å². The molecule has 1 heterocycles. The van der Waals surface area contributed by atoms with Crippen LogP contribution in [0.15, 0.2) is 48.8 Å². The van der Waals surface area contributed by atoms with Gasteiger partial charge in [0.2, 0.25) is 0 Å². The van der Waals surface area contributed by atoms with Gasteiger partial charge in [0, 0.05) is 24.4 Å². The van der Waals surface area contributed by atoms with Crippen LogP contribution in [-0.2, 0) is 13.0 Å². The maximum Gasteiger partial charge on any atom is 0.127 e. The van der Waals surface area contributed by atoms with E-state index < -0.39 is 0 Å². The Hall–Kier alpha value is -1.87. The molecular weight excluding hydrogens is 214 g/mol.